The molecule has 0 saturated heterocycles. The van der Waals surface area contributed by atoms with Crippen molar-refractivity contribution in [1.29, 1.82) is 0 Å². The van der Waals surface area contributed by atoms with Crippen LogP contribution in [0.5, 0.6) is 11.5 Å². The smallest absolute Gasteiger partial charge is 0.308 e. The molecule has 0 N–H and O–H groups in total. The van der Waals surface area contributed by atoms with E-state index in [9.17, 15) is 19.7 Å². The molecule has 0 aliphatic carbocycles. The predicted octanol–water partition coefficient (Wildman–Crippen LogP) is 6.49. The van der Waals surface area contributed by atoms with Gasteiger partial charge in [-0.25, -0.2) is 0 Å². The van der Waals surface area contributed by atoms with E-state index in [0.29, 0.717) is 17.4 Å². The number of rotatable bonds is 13. The molecule has 1 aromatic carbocycles. The molecule has 0 amide bonds. The Morgan fingerprint density at radius 2 is 1.83 bits per heavy atom. The number of aromatic nitrogens is 1. The number of nitro groups is 1. The minimum Gasteiger partial charge on any atom is -0.485 e. The average molecular weight is 485 g/mol. The summed E-state index contributed by atoms with van der Waals surface area (Å²) in [7, 11) is 0. The Bertz CT molecular complexity index is 1170. The van der Waals surface area contributed by atoms with Gasteiger partial charge in [0, 0.05) is 31.0 Å². The number of nitrogens with zero attached hydrogens (tertiary/aromatic N) is 2. The maximum atomic E-state index is 13.4. The summed E-state index contributed by atoms with van der Waals surface area (Å²) in [5.41, 5.74) is 2.11. The number of unbranched alkanes of at least 4 members (excludes halogenated alkanes) is 3. The lowest BCUT2D eigenvalue weighted by atomic mass is 10.1. The van der Waals surface area contributed by atoms with Crippen molar-refractivity contribution in [1.82, 2.24) is 4.57 Å². The molecular formula is C27H36N2O6. The van der Waals surface area contributed by atoms with Crippen molar-refractivity contribution in [2.75, 3.05) is 6.61 Å². The lowest BCUT2D eigenvalue weighted by Crippen LogP contribution is -2.25. The second-order valence-corrected chi connectivity index (χ2v) is 8.91. The molecule has 1 heterocycles. The van der Waals surface area contributed by atoms with Crippen molar-refractivity contribution < 1.29 is 19.2 Å². The molecule has 2 aromatic rings. The minimum atomic E-state index is -0.640. The van der Waals surface area contributed by atoms with Crippen LogP contribution in [0.3, 0.4) is 0 Å². The topological polar surface area (TPSA) is 101 Å². The molecule has 0 fully saturated rings. The Morgan fingerprint density at radius 3 is 2.46 bits per heavy atom. The molecule has 0 bridgehead atoms. The van der Waals surface area contributed by atoms with Crippen molar-refractivity contribution in [3.05, 3.63) is 62.0 Å². The zero-order chi connectivity index (χ0) is 26.0. The number of carbonyl (C=O) groups is 1. The van der Waals surface area contributed by atoms with Crippen LogP contribution >= 0.6 is 0 Å². The van der Waals surface area contributed by atoms with E-state index in [1.807, 2.05) is 13.0 Å². The van der Waals surface area contributed by atoms with Crippen LogP contribution in [0.4, 0.5) is 5.69 Å². The molecule has 8 heteroatoms. The van der Waals surface area contributed by atoms with E-state index < -0.39 is 16.5 Å². The molecular weight excluding hydrogens is 448 g/mol. The Labute approximate surface area is 206 Å². The standard InChI is InChI=1S/C27H36N2O6/c1-6-7-8-9-16-28-24-18-22(29(32)33)13-14-23(24)25(26(27(28)31)35-21(5)30)34-17-15-20(4)12-10-11-19(2)3/h11,13-15,18H,6-10,12,16-17H2,1-5H3/b20-15+. The first-order valence-electron chi connectivity index (χ1n) is 12.1. The van der Waals surface area contributed by atoms with Crippen LogP contribution in [0.25, 0.3) is 10.9 Å². The summed E-state index contributed by atoms with van der Waals surface area (Å²) >= 11 is 0. The normalized spacial score (nSPS) is 11.4. The highest BCUT2D eigenvalue weighted by Gasteiger charge is 2.22. The van der Waals surface area contributed by atoms with Gasteiger partial charge < -0.3 is 14.0 Å². The number of carbonyl (C=O) groups excluding carboxylic acids is 1. The molecule has 0 unspecified atom stereocenters. The maximum absolute atomic E-state index is 13.4. The number of allylic oxidation sites excluding steroid dienone is 3. The van der Waals surface area contributed by atoms with Crippen molar-refractivity contribution in [3.8, 4) is 11.5 Å². The highest BCUT2D eigenvalue weighted by molar-refractivity contribution is 5.90. The summed E-state index contributed by atoms with van der Waals surface area (Å²) < 4.78 is 12.7. The summed E-state index contributed by atoms with van der Waals surface area (Å²) in [6.07, 6.45) is 9.57. The molecule has 0 saturated carbocycles. The molecule has 0 spiro atoms. The maximum Gasteiger partial charge on any atom is 0.308 e. The zero-order valence-electron chi connectivity index (χ0n) is 21.4. The van der Waals surface area contributed by atoms with Gasteiger partial charge in [0.2, 0.25) is 5.75 Å². The lowest BCUT2D eigenvalue weighted by Gasteiger charge is -2.17. The summed E-state index contributed by atoms with van der Waals surface area (Å²) in [6, 6.07) is 4.28. The third kappa shape index (κ3) is 8.09. The molecule has 0 aliphatic rings. The Hall–Kier alpha value is -3.42. The molecule has 190 valence electrons. The van der Waals surface area contributed by atoms with E-state index in [2.05, 4.69) is 26.8 Å². The monoisotopic (exact) mass is 484 g/mol. The second-order valence-electron chi connectivity index (χ2n) is 8.91. The summed E-state index contributed by atoms with van der Waals surface area (Å²) in [6.45, 7) is 9.95. The van der Waals surface area contributed by atoms with Crippen molar-refractivity contribution >= 4 is 22.6 Å². The Morgan fingerprint density at radius 1 is 1.09 bits per heavy atom. The first kappa shape index (κ1) is 27.8. The van der Waals surface area contributed by atoms with Crippen LogP contribution in [0, 0.1) is 10.1 Å². The van der Waals surface area contributed by atoms with E-state index in [1.54, 1.807) is 6.07 Å². The minimum absolute atomic E-state index is 0.119. The SMILES string of the molecule is CCCCCCn1c(=O)c(OC(C)=O)c(OC/C=C(\C)CCC=C(C)C)c2ccc([N+](=O)[O-])cc21. The van der Waals surface area contributed by atoms with E-state index >= 15 is 0 Å². The number of hydrogen-bond acceptors (Lipinski definition) is 6. The van der Waals surface area contributed by atoms with Gasteiger partial charge >= 0.3 is 5.97 Å². The van der Waals surface area contributed by atoms with Gasteiger partial charge in [0.15, 0.2) is 5.75 Å². The van der Waals surface area contributed by atoms with Gasteiger partial charge in [-0.2, -0.15) is 0 Å². The number of non-ortho nitro benzene ring substituents is 1. The molecule has 8 nitrogen and oxygen atoms in total. The van der Waals surface area contributed by atoms with Gasteiger partial charge in [0.05, 0.1) is 10.4 Å². The molecule has 2 rings (SSSR count). The third-order valence-electron chi connectivity index (χ3n) is 5.60. The average Bonchev–Trinajstić information content (AvgIpc) is 2.79. The van der Waals surface area contributed by atoms with Gasteiger partial charge in [-0.1, -0.05) is 43.4 Å². The fraction of sp³-hybridized carbons (Fsp3) is 0.481. The number of aryl methyl sites for hydroxylation is 1. The number of pyridine rings is 1. The molecule has 0 radical (unpaired) electrons. The first-order valence-corrected chi connectivity index (χ1v) is 12.1. The molecule has 0 aliphatic heterocycles. The largest absolute Gasteiger partial charge is 0.485 e. The Balaban J connectivity index is 2.53. The third-order valence-corrected chi connectivity index (χ3v) is 5.60. The van der Waals surface area contributed by atoms with Crippen molar-refractivity contribution in [2.45, 2.75) is 79.7 Å². The summed E-state index contributed by atoms with van der Waals surface area (Å²) in [5.74, 6) is -0.711. The first-order chi connectivity index (χ1) is 16.6. The van der Waals surface area contributed by atoms with Crippen LogP contribution in [0.2, 0.25) is 0 Å². The summed E-state index contributed by atoms with van der Waals surface area (Å²) in [4.78, 5) is 36.2. The van der Waals surface area contributed by atoms with Gasteiger partial charge in [-0.05, 0) is 52.2 Å². The number of ether oxygens (including phenoxy) is 2. The highest BCUT2D eigenvalue weighted by atomic mass is 16.6. The van der Waals surface area contributed by atoms with Crippen LogP contribution in [0.1, 0.15) is 73.1 Å². The number of benzene rings is 1. The van der Waals surface area contributed by atoms with E-state index in [4.69, 9.17) is 9.47 Å². The van der Waals surface area contributed by atoms with E-state index in [-0.39, 0.29) is 23.8 Å². The zero-order valence-corrected chi connectivity index (χ0v) is 21.4. The molecule has 35 heavy (non-hydrogen) atoms. The highest BCUT2D eigenvalue weighted by Crippen LogP contribution is 2.35. The van der Waals surface area contributed by atoms with E-state index in [1.165, 1.54) is 29.2 Å². The van der Waals surface area contributed by atoms with E-state index in [0.717, 1.165) is 44.1 Å². The van der Waals surface area contributed by atoms with Crippen LogP contribution in [-0.4, -0.2) is 22.1 Å². The van der Waals surface area contributed by atoms with Crippen molar-refractivity contribution in [3.63, 3.8) is 0 Å². The van der Waals surface area contributed by atoms with Crippen LogP contribution in [0.15, 0.2) is 46.3 Å². The lowest BCUT2D eigenvalue weighted by molar-refractivity contribution is -0.384. The fourth-order valence-electron chi connectivity index (χ4n) is 3.75. The fourth-order valence-corrected chi connectivity index (χ4v) is 3.75. The van der Waals surface area contributed by atoms with Gasteiger partial charge in [-0.15, -0.1) is 0 Å². The second kappa shape index (κ2) is 13.5. The van der Waals surface area contributed by atoms with Gasteiger partial charge in [0.1, 0.15) is 6.61 Å². The van der Waals surface area contributed by atoms with Crippen LogP contribution in [-0.2, 0) is 11.3 Å². The quantitative estimate of drug-likeness (QED) is 0.106. The number of hydrogen-bond donors (Lipinski definition) is 0. The number of fused-ring (bicyclic) bond motifs is 1. The van der Waals surface area contributed by atoms with Gasteiger partial charge in [0.25, 0.3) is 11.2 Å². The van der Waals surface area contributed by atoms with Gasteiger partial charge in [-0.3, -0.25) is 19.7 Å². The molecule has 1 aromatic heterocycles. The predicted molar refractivity (Wildman–Crippen MR) is 138 cm³/mol. The molecule has 0 atom stereocenters. The van der Waals surface area contributed by atoms with Crippen molar-refractivity contribution in [2.24, 2.45) is 0 Å². The summed E-state index contributed by atoms with van der Waals surface area (Å²) in [5, 5.41) is 11.9. The number of nitro benzene ring substituents is 1. The Kier molecular flexibility index (Phi) is 10.7. The van der Waals surface area contributed by atoms with Crippen LogP contribution < -0.4 is 15.0 Å². The number of esters is 1.